The molecule has 5 nitrogen and oxygen atoms in total. The summed E-state index contributed by atoms with van der Waals surface area (Å²) >= 11 is 0. The first-order valence-corrected chi connectivity index (χ1v) is 7.46. The molecule has 0 aliphatic rings. The van der Waals surface area contributed by atoms with E-state index in [2.05, 4.69) is 4.74 Å². The van der Waals surface area contributed by atoms with Gasteiger partial charge in [-0.25, -0.2) is 0 Å². The van der Waals surface area contributed by atoms with Crippen LogP contribution in [-0.2, 0) is 20.7 Å². The standard InChI is InChI=1S/C17H25NO4/c1-13(2)17(20)18(12-10-16(19)22-4)11-9-14-5-7-15(21-3)8-6-14/h5-8,13H,9-12H2,1-4H3. The van der Waals surface area contributed by atoms with Gasteiger partial charge >= 0.3 is 5.97 Å². The maximum atomic E-state index is 12.2. The molecule has 0 radical (unpaired) electrons. The van der Waals surface area contributed by atoms with Gasteiger partial charge in [-0.2, -0.15) is 0 Å². The van der Waals surface area contributed by atoms with Crippen LogP contribution in [0.2, 0.25) is 0 Å². The Bertz CT molecular complexity index is 482. The van der Waals surface area contributed by atoms with Crippen molar-refractivity contribution < 1.29 is 19.1 Å². The molecule has 0 spiro atoms. The fourth-order valence-corrected chi connectivity index (χ4v) is 2.08. The molecular weight excluding hydrogens is 282 g/mol. The van der Waals surface area contributed by atoms with Crippen molar-refractivity contribution in [2.24, 2.45) is 5.92 Å². The molecule has 5 heteroatoms. The number of amides is 1. The van der Waals surface area contributed by atoms with Crippen LogP contribution in [-0.4, -0.2) is 44.1 Å². The van der Waals surface area contributed by atoms with Gasteiger partial charge in [-0.1, -0.05) is 26.0 Å². The van der Waals surface area contributed by atoms with Crippen molar-refractivity contribution >= 4 is 11.9 Å². The molecule has 122 valence electrons. The minimum atomic E-state index is -0.300. The zero-order valence-corrected chi connectivity index (χ0v) is 13.8. The molecule has 1 aromatic carbocycles. The fourth-order valence-electron chi connectivity index (χ4n) is 2.08. The number of carbonyl (C=O) groups is 2. The topological polar surface area (TPSA) is 55.8 Å². The summed E-state index contributed by atoms with van der Waals surface area (Å²) in [5.41, 5.74) is 1.13. The Morgan fingerprint density at radius 1 is 1.09 bits per heavy atom. The largest absolute Gasteiger partial charge is 0.497 e. The highest BCUT2D eigenvalue weighted by atomic mass is 16.5. The summed E-state index contributed by atoms with van der Waals surface area (Å²) in [7, 11) is 2.99. The number of esters is 1. The predicted molar refractivity (Wildman–Crippen MR) is 84.7 cm³/mol. The number of methoxy groups -OCH3 is 2. The lowest BCUT2D eigenvalue weighted by Crippen LogP contribution is -2.37. The van der Waals surface area contributed by atoms with Crippen LogP contribution in [0.3, 0.4) is 0 Å². The molecule has 1 aromatic rings. The Morgan fingerprint density at radius 3 is 2.23 bits per heavy atom. The van der Waals surface area contributed by atoms with E-state index in [0.717, 1.165) is 17.7 Å². The van der Waals surface area contributed by atoms with Gasteiger partial charge in [0.15, 0.2) is 0 Å². The number of benzene rings is 1. The van der Waals surface area contributed by atoms with Crippen LogP contribution in [0.4, 0.5) is 0 Å². The van der Waals surface area contributed by atoms with Crippen molar-refractivity contribution in [1.29, 1.82) is 0 Å². The number of hydrogen-bond donors (Lipinski definition) is 0. The minimum Gasteiger partial charge on any atom is -0.497 e. The molecule has 0 heterocycles. The molecule has 22 heavy (non-hydrogen) atoms. The zero-order chi connectivity index (χ0) is 16.5. The van der Waals surface area contributed by atoms with Gasteiger partial charge in [0, 0.05) is 19.0 Å². The van der Waals surface area contributed by atoms with Crippen LogP contribution < -0.4 is 4.74 Å². The smallest absolute Gasteiger partial charge is 0.307 e. The number of rotatable bonds is 8. The van der Waals surface area contributed by atoms with Gasteiger partial charge in [-0.3, -0.25) is 9.59 Å². The second-order valence-corrected chi connectivity index (χ2v) is 5.40. The van der Waals surface area contributed by atoms with E-state index in [-0.39, 0.29) is 24.2 Å². The molecule has 0 saturated carbocycles. The Morgan fingerprint density at radius 2 is 1.73 bits per heavy atom. The Balaban J connectivity index is 2.62. The highest BCUT2D eigenvalue weighted by molar-refractivity contribution is 5.79. The van der Waals surface area contributed by atoms with E-state index in [1.165, 1.54) is 7.11 Å². The third-order valence-electron chi connectivity index (χ3n) is 3.45. The molecular formula is C17H25NO4. The summed E-state index contributed by atoms with van der Waals surface area (Å²) in [4.78, 5) is 25.2. The molecule has 0 aliphatic carbocycles. The van der Waals surface area contributed by atoms with Crippen LogP contribution in [0.15, 0.2) is 24.3 Å². The zero-order valence-electron chi connectivity index (χ0n) is 13.8. The minimum absolute atomic E-state index is 0.0532. The molecule has 0 atom stereocenters. The summed E-state index contributed by atoms with van der Waals surface area (Å²) in [6.45, 7) is 4.70. The van der Waals surface area contributed by atoms with E-state index in [0.29, 0.717) is 13.1 Å². The van der Waals surface area contributed by atoms with Gasteiger partial charge in [-0.15, -0.1) is 0 Å². The second-order valence-electron chi connectivity index (χ2n) is 5.40. The molecule has 0 saturated heterocycles. The SMILES string of the molecule is COC(=O)CCN(CCc1ccc(OC)cc1)C(=O)C(C)C. The first-order chi connectivity index (χ1) is 10.5. The average molecular weight is 307 g/mol. The number of nitrogens with zero attached hydrogens (tertiary/aromatic N) is 1. The number of ether oxygens (including phenoxy) is 2. The lowest BCUT2D eigenvalue weighted by atomic mass is 10.1. The van der Waals surface area contributed by atoms with E-state index < -0.39 is 0 Å². The highest BCUT2D eigenvalue weighted by Gasteiger charge is 2.18. The van der Waals surface area contributed by atoms with E-state index >= 15 is 0 Å². The fraction of sp³-hybridized carbons (Fsp3) is 0.529. The third-order valence-corrected chi connectivity index (χ3v) is 3.45. The van der Waals surface area contributed by atoms with Gasteiger partial charge in [0.05, 0.1) is 20.6 Å². The molecule has 0 aromatic heterocycles. The molecule has 0 bridgehead atoms. The summed E-state index contributed by atoms with van der Waals surface area (Å²) < 4.78 is 9.76. The summed E-state index contributed by atoms with van der Waals surface area (Å²) in [6, 6.07) is 7.77. The third kappa shape index (κ3) is 5.76. The van der Waals surface area contributed by atoms with Crippen LogP contribution >= 0.6 is 0 Å². The molecule has 0 aliphatic heterocycles. The van der Waals surface area contributed by atoms with Crippen molar-refractivity contribution in [2.75, 3.05) is 27.3 Å². The van der Waals surface area contributed by atoms with E-state index in [4.69, 9.17) is 4.74 Å². The van der Waals surface area contributed by atoms with Gasteiger partial charge in [-0.05, 0) is 24.1 Å². The summed E-state index contributed by atoms with van der Waals surface area (Å²) in [5.74, 6) is 0.474. The van der Waals surface area contributed by atoms with E-state index in [1.807, 2.05) is 38.1 Å². The van der Waals surface area contributed by atoms with Crippen molar-refractivity contribution in [3.05, 3.63) is 29.8 Å². The normalized spacial score (nSPS) is 10.4. The van der Waals surface area contributed by atoms with Gasteiger partial charge in [0.25, 0.3) is 0 Å². The quantitative estimate of drug-likeness (QED) is 0.691. The van der Waals surface area contributed by atoms with Crippen LogP contribution in [0.25, 0.3) is 0 Å². The summed E-state index contributed by atoms with van der Waals surface area (Å²) in [6.07, 6.45) is 0.960. The van der Waals surface area contributed by atoms with Gasteiger partial charge < -0.3 is 14.4 Å². The lowest BCUT2D eigenvalue weighted by Gasteiger charge is -2.24. The Kier molecular flexibility index (Phi) is 7.43. The van der Waals surface area contributed by atoms with Gasteiger partial charge in [0.2, 0.25) is 5.91 Å². The molecule has 1 rings (SSSR count). The van der Waals surface area contributed by atoms with Crippen molar-refractivity contribution in [2.45, 2.75) is 26.7 Å². The van der Waals surface area contributed by atoms with Crippen LogP contribution in [0.1, 0.15) is 25.8 Å². The monoisotopic (exact) mass is 307 g/mol. The summed E-state index contributed by atoms with van der Waals surface area (Å²) in [5, 5.41) is 0. The van der Waals surface area contributed by atoms with Gasteiger partial charge in [0.1, 0.15) is 5.75 Å². The average Bonchev–Trinajstić information content (AvgIpc) is 2.54. The Hall–Kier alpha value is -2.04. The van der Waals surface area contributed by atoms with Crippen LogP contribution in [0, 0.1) is 5.92 Å². The van der Waals surface area contributed by atoms with Crippen molar-refractivity contribution in [3.63, 3.8) is 0 Å². The lowest BCUT2D eigenvalue weighted by molar-refractivity contribution is -0.142. The maximum Gasteiger partial charge on any atom is 0.307 e. The molecule has 0 N–H and O–H groups in total. The number of carbonyl (C=O) groups excluding carboxylic acids is 2. The van der Waals surface area contributed by atoms with Crippen molar-refractivity contribution in [1.82, 2.24) is 4.90 Å². The highest BCUT2D eigenvalue weighted by Crippen LogP contribution is 2.13. The first kappa shape index (κ1) is 18.0. The van der Waals surface area contributed by atoms with Crippen molar-refractivity contribution in [3.8, 4) is 5.75 Å². The molecule has 1 amide bonds. The second kappa shape index (κ2) is 9.07. The number of hydrogen-bond acceptors (Lipinski definition) is 4. The predicted octanol–water partition coefficient (Wildman–Crippen LogP) is 2.29. The maximum absolute atomic E-state index is 12.2. The molecule has 0 unspecified atom stereocenters. The molecule has 0 fully saturated rings. The first-order valence-electron chi connectivity index (χ1n) is 7.46. The van der Waals surface area contributed by atoms with Crippen LogP contribution in [0.5, 0.6) is 5.75 Å². The van der Waals surface area contributed by atoms with E-state index in [1.54, 1.807) is 12.0 Å². The van der Waals surface area contributed by atoms with E-state index in [9.17, 15) is 9.59 Å². The Labute approximate surface area is 132 Å².